The van der Waals surface area contributed by atoms with Gasteiger partial charge in [0.25, 0.3) is 0 Å². The minimum atomic E-state index is -6.44. The second-order valence-electron chi connectivity index (χ2n) is 12.4. The van der Waals surface area contributed by atoms with E-state index in [1.165, 1.54) is 0 Å². The Bertz CT molecular complexity index is 2500. The van der Waals surface area contributed by atoms with Crippen molar-refractivity contribution in [2.75, 3.05) is 9.80 Å². The molecular formula is C35H9F25N2. The Balaban J connectivity index is 2.08. The molecule has 0 saturated carbocycles. The molecule has 0 fully saturated rings. The van der Waals surface area contributed by atoms with Crippen LogP contribution in [0.1, 0.15) is 27.8 Å². The van der Waals surface area contributed by atoms with Crippen LogP contribution in [0.4, 0.5) is 144 Å². The molecule has 0 heterocycles. The number of rotatable bonds is 6. The van der Waals surface area contributed by atoms with Crippen molar-refractivity contribution in [2.24, 2.45) is 0 Å². The molecule has 0 amide bonds. The van der Waals surface area contributed by atoms with Crippen molar-refractivity contribution in [3.05, 3.63) is 139 Å². The first-order valence-corrected chi connectivity index (χ1v) is 15.5. The zero-order valence-electron chi connectivity index (χ0n) is 29.1. The van der Waals surface area contributed by atoms with Crippen LogP contribution in [-0.2, 0) is 18.5 Å². The van der Waals surface area contributed by atoms with Crippen LogP contribution >= 0.6 is 0 Å². The van der Waals surface area contributed by atoms with E-state index in [0.29, 0.717) is 6.92 Å². The first-order chi connectivity index (χ1) is 28.2. The molecule has 334 valence electrons. The fraction of sp³-hybridized carbons (Fsp3) is 0.143. The normalized spacial score (nSPS) is 12.4. The van der Waals surface area contributed by atoms with Gasteiger partial charge in [-0.05, 0) is 37.6 Å². The lowest BCUT2D eigenvalue weighted by Gasteiger charge is -2.32. The highest BCUT2D eigenvalue weighted by atomic mass is 19.4. The summed E-state index contributed by atoms with van der Waals surface area (Å²) in [4.78, 5) is -2.48. The average Bonchev–Trinajstić information content (AvgIpc) is 3.14. The van der Waals surface area contributed by atoms with Gasteiger partial charge < -0.3 is 0 Å². The third kappa shape index (κ3) is 7.30. The van der Waals surface area contributed by atoms with Gasteiger partial charge in [-0.2, -0.15) is 39.5 Å². The maximum atomic E-state index is 15.6. The molecule has 0 saturated heterocycles. The van der Waals surface area contributed by atoms with Crippen molar-refractivity contribution in [1.29, 1.82) is 0 Å². The van der Waals surface area contributed by atoms with E-state index in [1.807, 2.05) is 0 Å². The highest BCUT2D eigenvalue weighted by molar-refractivity contribution is 5.85. The number of anilines is 6. The molecule has 5 aromatic carbocycles. The van der Waals surface area contributed by atoms with Crippen molar-refractivity contribution in [1.82, 2.24) is 0 Å². The van der Waals surface area contributed by atoms with Crippen LogP contribution < -0.4 is 9.80 Å². The van der Waals surface area contributed by atoms with Gasteiger partial charge in [0.05, 0.1) is 0 Å². The number of hydrogen-bond donors (Lipinski definition) is 0. The molecule has 0 N–H and O–H groups in total. The summed E-state index contributed by atoms with van der Waals surface area (Å²) < 4.78 is 366. The molecular weight excluding hydrogens is 923 g/mol. The van der Waals surface area contributed by atoms with E-state index in [-0.39, 0.29) is 19.1 Å². The molecule has 0 unspecified atom stereocenters. The second kappa shape index (κ2) is 15.4. The largest absolute Gasteiger partial charge is 0.422 e. The first kappa shape index (κ1) is 47.0. The Morgan fingerprint density at radius 2 is 0.484 bits per heavy atom. The maximum absolute atomic E-state index is 15.6. The molecule has 5 rings (SSSR count). The summed E-state index contributed by atoms with van der Waals surface area (Å²) in [5.74, 6) is -53.1. The predicted molar refractivity (Wildman–Crippen MR) is 160 cm³/mol. The van der Waals surface area contributed by atoms with Crippen molar-refractivity contribution >= 4 is 34.1 Å². The lowest BCUT2D eigenvalue weighted by Crippen LogP contribution is -2.25. The third-order valence-electron chi connectivity index (χ3n) is 8.49. The molecule has 5 aromatic rings. The highest BCUT2D eigenvalue weighted by Gasteiger charge is 2.48. The van der Waals surface area contributed by atoms with Crippen molar-refractivity contribution < 1.29 is 110 Å². The van der Waals surface area contributed by atoms with Gasteiger partial charge in [0.2, 0.25) is 0 Å². The van der Waals surface area contributed by atoms with Crippen LogP contribution in [0.25, 0.3) is 0 Å². The third-order valence-corrected chi connectivity index (χ3v) is 8.49. The van der Waals surface area contributed by atoms with Crippen molar-refractivity contribution in [2.45, 2.75) is 32.4 Å². The fourth-order valence-corrected chi connectivity index (χ4v) is 5.86. The molecule has 62 heavy (non-hydrogen) atoms. The summed E-state index contributed by atoms with van der Waals surface area (Å²) in [6.07, 6.45) is -19.3. The molecule has 2 nitrogen and oxygen atoms in total. The SMILES string of the molecule is Cc1cc(N(c2c(F)c(F)c(C)c(F)c2F)c2c(F)c(F)c(C(F)(F)F)c(F)c2F)cc(N(c2c(F)c(F)c(C(F)(F)F)c(F)c2F)c2c(F)c(F)c(C(F)(F)F)c(F)c2F)c1. The number of aryl methyl sites for hydroxylation is 1. The van der Waals surface area contributed by atoms with E-state index in [4.69, 9.17) is 0 Å². The van der Waals surface area contributed by atoms with Gasteiger partial charge in [-0.3, -0.25) is 9.80 Å². The molecule has 0 aromatic heterocycles. The highest BCUT2D eigenvalue weighted by Crippen LogP contribution is 2.51. The molecule has 0 radical (unpaired) electrons. The molecule has 0 atom stereocenters. The number of halogens is 25. The topological polar surface area (TPSA) is 6.48 Å². The Morgan fingerprint density at radius 3 is 0.677 bits per heavy atom. The molecule has 0 bridgehead atoms. The molecule has 27 heteroatoms. The van der Waals surface area contributed by atoms with E-state index >= 15 is 35.1 Å². The summed E-state index contributed by atoms with van der Waals surface area (Å²) in [5.41, 5.74) is -28.7. The van der Waals surface area contributed by atoms with Crippen molar-refractivity contribution in [3.8, 4) is 0 Å². The zero-order valence-corrected chi connectivity index (χ0v) is 29.1. The molecule has 0 aliphatic rings. The van der Waals surface area contributed by atoms with Gasteiger partial charge in [-0.1, -0.05) is 0 Å². The monoisotopic (exact) mass is 932 g/mol. The maximum Gasteiger partial charge on any atom is 0.422 e. The summed E-state index contributed by atoms with van der Waals surface area (Å²) in [5, 5.41) is 0. The van der Waals surface area contributed by atoms with E-state index in [1.54, 1.807) is 0 Å². The molecule has 0 aliphatic heterocycles. The second-order valence-corrected chi connectivity index (χ2v) is 12.4. The molecule has 0 aliphatic carbocycles. The van der Waals surface area contributed by atoms with Crippen LogP contribution in [0.2, 0.25) is 0 Å². The van der Waals surface area contributed by atoms with E-state index in [0.717, 1.165) is 0 Å². The average molecular weight is 932 g/mol. The Hall–Kier alpha value is -6.05. The van der Waals surface area contributed by atoms with E-state index in [2.05, 4.69) is 0 Å². The summed E-state index contributed by atoms with van der Waals surface area (Å²) >= 11 is 0. The van der Waals surface area contributed by atoms with Gasteiger partial charge in [0, 0.05) is 16.9 Å². The smallest absolute Gasteiger partial charge is 0.300 e. The lowest BCUT2D eigenvalue weighted by molar-refractivity contribution is -0.144. The Morgan fingerprint density at radius 1 is 0.290 bits per heavy atom. The van der Waals surface area contributed by atoms with Crippen LogP contribution in [0.5, 0.6) is 0 Å². The van der Waals surface area contributed by atoms with Gasteiger partial charge in [0.1, 0.15) is 39.4 Å². The number of benzene rings is 5. The van der Waals surface area contributed by atoms with E-state index in [9.17, 15) is 74.6 Å². The van der Waals surface area contributed by atoms with Crippen LogP contribution in [0.3, 0.4) is 0 Å². The Kier molecular flexibility index (Phi) is 11.7. The zero-order chi connectivity index (χ0) is 47.4. The van der Waals surface area contributed by atoms with Crippen molar-refractivity contribution in [3.63, 3.8) is 0 Å². The summed E-state index contributed by atoms with van der Waals surface area (Å²) in [6.45, 7) is 0.775. The lowest BCUT2D eigenvalue weighted by atomic mass is 10.0. The van der Waals surface area contributed by atoms with Crippen LogP contribution in [0.15, 0.2) is 18.2 Å². The van der Waals surface area contributed by atoms with Gasteiger partial charge in [-0.15, -0.1) is 0 Å². The van der Waals surface area contributed by atoms with Gasteiger partial charge >= 0.3 is 18.5 Å². The minimum Gasteiger partial charge on any atom is -0.300 e. The van der Waals surface area contributed by atoms with Gasteiger partial charge in [0.15, 0.2) is 93.1 Å². The Labute approximate surface area is 325 Å². The molecule has 0 spiro atoms. The quantitative estimate of drug-likeness (QED) is 0.124. The predicted octanol–water partition coefficient (Wildman–Crippen LogP) is 14.5. The minimum absolute atomic E-state index is 0.0179. The first-order valence-electron chi connectivity index (χ1n) is 15.5. The van der Waals surface area contributed by atoms with Gasteiger partial charge in [-0.25, -0.2) is 70.2 Å². The summed E-state index contributed by atoms with van der Waals surface area (Å²) in [7, 11) is 0. The number of nitrogens with zero attached hydrogens (tertiary/aromatic N) is 2. The van der Waals surface area contributed by atoms with E-state index < -0.39 is 189 Å². The summed E-state index contributed by atoms with van der Waals surface area (Å²) in [6, 6.07) is -0.361. The number of hydrogen-bond acceptors (Lipinski definition) is 2. The van der Waals surface area contributed by atoms with Crippen LogP contribution in [-0.4, -0.2) is 0 Å². The van der Waals surface area contributed by atoms with Crippen LogP contribution in [0, 0.1) is 107 Å². The standard InChI is InChI=1S/C35H9F25N2/c1-6-3-8(61(29-21(44)13(36)7(2)14(37)22(29)45)30-23(46)15(38)10(33(52,53)54)16(39)24(30)47)5-9(4-6)62(31-25(48)17(40)11(34(55,56)57)18(41)26(31)49)32-27(50)19(42)12(35(58,59)60)20(43)28(32)51/h3-5H,1-2H3. The number of alkyl halides is 9. The fourth-order valence-electron chi connectivity index (χ4n) is 5.86.